The number of hydrogen-bond acceptors (Lipinski definition) is 4. The first-order valence-electron chi connectivity index (χ1n) is 10.3. The van der Waals surface area contributed by atoms with Gasteiger partial charge in [0.05, 0.1) is 12.5 Å². The number of carbonyl (C=O) groups is 2. The fourth-order valence-electron chi connectivity index (χ4n) is 3.71. The molecule has 1 aliphatic heterocycles. The zero-order valence-electron chi connectivity index (χ0n) is 17.0. The quantitative estimate of drug-likeness (QED) is 0.720. The van der Waals surface area contributed by atoms with E-state index < -0.39 is 0 Å². The summed E-state index contributed by atoms with van der Waals surface area (Å²) >= 11 is 0. The van der Waals surface area contributed by atoms with Gasteiger partial charge >= 0.3 is 6.09 Å². The van der Waals surface area contributed by atoms with Crippen molar-refractivity contribution in [3.63, 3.8) is 0 Å². The number of benzene rings is 1. The van der Waals surface area contributed by atoms with Gasteiger partial charge in [0.1, 0.15) is 0 Å². The number of aromatic nitrogens is 1. The van der Waals surface area contributed by atoms with E-state index in [1.165, 1.54) is 5.56 Å². The third kappa shape index (κ3) is 6.04. The van der Waals surface area contributed by atoms with E-state index in [1.807, 2.05) is 35.2 Å². The summed E-state index contributed by atoms with van der Waals surface area (Å²) in [6.07, 6.45) is 5.61. The monoisotopic (exact) mass is 395 g/mol. The van der Waals surface area contributed by atoms with Crippen LogP contribution in [0.4, 0.5) is 4.79 Å². The Labute approximate surface area is 172 Å². The van der Waals surface area contributed by atoms with Gasteiger partial charge in [-0.25, -0.2) is 4.79 Å². The molecule has 1 saturated heterocycles. The van der Waals surface area contributed by atoms with E-state index in [1.54, 1.807) is 24.2 Å². The third-order valence-electron chi connectivity index (χ3n) is 5.22. The molecule has 6 heteroatoms. The van der Waals surface area contributed by atoms with Crippen LogP contribution >= 0.6 is 0 Å². The zero-order valence-corrected chi connectivity index (χ0v) is 17.0. The van der Waals surface area contributed by atoms with Crippen molar-refractivity contribution in [1.29, 1.82) is 0 Å². The molecule has 0 spiro atoms. The SMILES string of the molecule is CCOC(=O)N1CCCC(C(=O)N(CCc2ccccc2)Cc2cccnc2)C1. The summed E-state index contributed by atoms with van der Waals surface area (Å²) in [5, 5.41) is 0. The van der Waals surface area contributed by atoms with Crippen molar-refractivity contribution >= 4 is 12.0 Å². The highest BCUT2D eigenvalue weighted by molar-refractivity contribution is 5.80. The van der Waals surface area contributed by atoms with E-state index in [0.29, 0.717) is 32.8 Å². The third-order valence-corrected chi connectivity index (χ3v) is 5.22. The van der Waals surface area contributed by atoms with Crippen LogP contribution in [0.2, 0.25) is 0 Å². The number of ether oxygens (including phenoxy) is 1. The molecule has 29 heavy (non-hydrogen) atoms. The molecule has 2 heterocycles. The average molecular weight is 396 g/mol. The number of carbonyl (C=O) groups excluding carboxylic acids is 2. The molecular formula is C23H29N3O3. The molecule has 154 valence electrons. The van der Waals surface area contributed by atoms with Crippen LogP contribution in [0.25, 0.3) is 0 Å². The topological polar surface area (TPSA) is 62.7 Å². The van der Waals surface area contributed by atoms with Crippen molar-refractivity contribution in [2.45, 2.75) is 32.7 Å². The lowest BCUT2D eigenvalue weighted by atomic mass is 9.96. The number of hydrogen-bond donors (Lipinski definition) is 0. The first-order chi connectivity index (χ1) is 14.2. The molecule has 2 aromatic rings. The van der Waals surface area contributed by atoms with Gasteiger partial charge in [-0.15, -0.1) is 0 Å². The molecule has 1 aliphatic rings. The molecule has 1 aromatic heterocycles. The Morgan fingerprint density at radius 3 is 2.69 bits per heavy atom. The van der Waals surface area contributed by atoms with Crippen LogP contribution in [-0.4, -0.2) is 53.0 Å². The number of likely N-dealkylation sites (tertiary alicyclic amines) is 1. The summed E-state index contributed by atoms with van der Waals surface area (Å²) in [5.74, 6) is -0.0978. The molecule has 3 rings (SSSR count). The van der Waals surface area contributed by atoms with E-state index in [9.17, 15) is 9.59 Å². The summed E-state index contributed by atoms with van der Waals surface area (Å²) < 4.78 is 5.12. The normalized spacial score (nSPS) is 16.3. The molecule has 0 N–H and O–H groups in total. The number of piperidine rings is 1. The zero-order chi connectivity index (χ0) is 20.5. The summed E-state index contributed by atoms with van der Waals surface area (Å²) in [7, 11) is 0. The number of rotatable bonds is 7. The Kier molecular flexibility index (Phi) is 7.61. The van der Waals surface area contributed by atoms with Gasteiger partial charge in [0, 0.05) is 38.6 Å². The first kappa shape index (κ1) is 20.8. The average Bonchev–Trinajstić information content (AvgIpc) is 2.78. The van der Waals surface area contributed by atoms with Crippen LogP contribution in [0.3, 0.4) is 0 Å². The number of amides is 2. The second kappa shape index (κ2) is 10.6. The van der Waals surface area contributed by atoms with Gasteiger partial charge in [-0.3, -0.25) is 9.78 Å². The van der Waals surface area contributed by atoms with E-state index >= 15 is 0 Å². The smallest absolute Gasteiger partial charge is 0.409 e. The Morgan fingerprint density at radius 2 is 1.97 bits per heavy atom. The molecule has 6 nitrogen and oxygen atoms in total. The van der Waals surface area contributed by atoms with E-state index in [-0.39, 0.29) is 17.9 Å². The van der Waals surface area contributed by atoms with Crippen LogP contribution in [0, 0.1) is 5.92 Å². The van der Waals surface area contributed by atoms with Crippen molar-refractivity contribution in [3.05, 3.63) is 66.0 Å². The summed E-state index contributed by atoms with van der Waals surface area (Å²) in [5.41, 5.74) is 2.21. The van der Waals surface area contributed by atoms with Crippen LogP contribution in [0.15, 0.2) is 54.9 Å². The molecular weight excluding hydrogens is 366 g/mol. The van der Waals surface area contributed by atoms with Gasteiger partial charge in [0.15, 0.2) is 0 Å². The second-order valence-electron chi connectivity index (χ2n) is 7.34. The fourth-order valence-corrected chi connectivity index (χ4v) is 3.71. The van der Waals surface area contributed by atoms with Gasteiger partial charge in [-0.2, -0.15) is 0 Å². The fraction of sp³-hybridized carbons (Fsp3) is 0.435. The van der Waals surface area contributed by atoms with Crippen molar-refractivity contribution < 1.29 is 14.3 Å². The minimum Gasteiger partial charge on any atom is -0.450 e. The maximum absolute atomic E-state index is 13.4. The highest BCUT2D eigenvalue weighted by Gasteiger charge is 2.31. The second-order valence-corrected chi connectivity index (χ2v) is 7.34. The molecule has 1 atom stereocenters. The summed E-state index contributed by atoms with van der Waals surface area (Å²) in [6.45, 7) is 4.37. The highest BCUT2D eigenvalue weighted by atomic mass is 16.6. The van der Waals surface area contributed by atoms with Gasteiger partial charge < -0.3 is 14.5 Å². The first-order valence-corrected chi connectivity index (χ1v) is 10.3. The molecule has 1 fully saturated rings. The van der Waals surface area contributed by atoms with E-state index in [4.69, 9.17) is 4.74 Å². The van der Waals surface area contributed by atoms with Crippen LogP contribution in [-0.2, 0) is 22.5 Å². The van der Waals surface area contributed by atoms with Crippen LogP contribution < -0.4 is 0 Å². The van der Waals surface area contributed by atoms with Gasteiger partial charge in [-0.05, 0) is 43.4 Å². The van der Waals surface area contributed by atoms with Crippen molar-refractivity contribution in [2.75, 3.05) is 26.2 Å². The minimum atomic E-state index is -0.326. The maximum Gasteiger partial charge on any atom is 0.409 e. The molecule has 0 bridgehead atoms. The predicted molar refractivity (Wildman–Crippen MR) is 111 cm³/mol. The Balaban J connectivity index is 1.69. The van der Waals surface area contributed by atoms with Gasteiger partial charge in [0.25, 0.3) is 0 Å². The van der Waals surface area contributed by atoms with Gasteiger partial charge in [0.2, 0.25) is 5.91 Å². The van der Waals surface area contributed by atoms with Crippen LogP contribution in [0.5, 0.6) is 0 Å². The molecule has 2 amide bonds. The van der Waals surface area contributed by atoms with Crippen molar-refractivity contribution in [3.8, 4) is 0 Å². The maximum atomic E-state index is 13.4. The van der Waals surface area contributed by atoms with E-state index in [2.05, 4.69) is 17.1 Å². The Morgan fingerprint density at radius 1 is 1.17 bits per heavy atom. The highest BCUT2D eigenvalue weighted by Crippen LogP contribution is 2.21. The molecule has 0 aliphatic carbocycles. The Hall–Kier alpha value is -2.89. The van der Waals surface area contributed by atoms with Crippen molar-refractivity contribution in [1.82, 2.24) is 14.8 Å². The lowest BCUT2D eigenvalue weighted by Gasteiger charge is -2.34. The standard InChI is InChI=1S/C23H29N3O3/c1-2-29-23(28)26-14-7-11-21(18-26)22(27)25(17-20-10-6-13-24-16-20)15-12-19-8-4-3-5-9-19/h3-6,8-10,13,16,21H,2,7,11-12,14-15,17-18H2,1H3. The lowest BCUT2D eigenvalue weighted by Crippen LogP contribution is -2.47. The van der Waals surface area contributed by atoms with Crippen LogP contribution in [0.1, 0.15) is 30.9 Å². The number of nitrogens with zero attached hydrogens (tertiary/aromatic N) is 3. The lowest BCUT2D eigenvalue weighted by molar-refractivity contribution is -0.137. The number of pyridine rings is 1. The van der Waals surface area contributed by atoms with Crippen molar-refractivity contribution in [2.24, 2.45) is 5.92 Å². The molecule has 1 aromatic carbocycles. The predicted octanol–water partition coefficient (Wildman–Crippen LogP) is 3.52. The molecule has 0 saturated carbocycles. The molecule has 0 radical (unpaired) electrons. The summed E-state index contributed by atoms with van der Waals surface area (Å²) in [4.78, 5) is 33.2. The van der Waals surface area contributed by atoms with Gasteiger partial charge in [-0.1, -0.05) is 36.4 Å². The summed E-state index contributed by atoms with van der Waals surface area (Å²) in [6, 6.07) is 14.1. The largest absolute Gasteiger partial charge is 0.450 e. The molecule has 1 unspecified atom stereocenters. The minimum absolute atomic E-state index is 0.0961. The van der Waals surface area contributed by atoms with E-state index in [0.717, 1.165) is 24.8 Å². The Bertz CT molecular complexity index is 782.